The van der Waals surface area contributed by atoms with Crippen molar-refractivity contribution >= 4 is 34.7 Å². The first-order chi connectivity index (χ1) is 15.5. The van der Waals surface area contributed by atoms with Gasteiger partial charge in [0.25, 0.3) is 11.8 Å². The molecule has 0 saturated heterocycles. The van der Waals surface area contributed by atoms with E-state index in [9.17, 15) is 9.59 Å². The van der Waals surface area contributed by atoms with Crippen molar-refractivity contribution < 1.29 is 9.59 Å². The van der Waals surface area contributed by atoms with Gasteiger partial charge in [0, 0.05) is 30.5 Å². The van der Waals surface area contributed by atoms with Crippen molar-refractivity contribution in [2.24, 2.45) is 0 Å². The summed E-state index contributed by atoms with van der Waals surface area (Å²) in [7, 11) is 0. The van der Waals surface area contributed by atoms with Crippen LogP contribution in [-0.4, -0.2) is 34.8 Å². The second kappa shape index (κ2) is 9.37. The van der Waals surface area contributed by atoms with Gasteiger partial charge in [0.2, 0.25) is 0 Å². The molecule has 162 valence electrons. The molecular weight excluding hydrogens is 422 g/mol. The van der Waals surface area contributed by atoms with Crippen LogP contribution >= 0.6 is 11.6 Å². The molecule has 0 radical (unpaired) electrons. The Balaban J connectivity index is 1.77. The van der Waals surface area contributed by atoms with Gasteiger partial charge in [-0.2, -0.15) is 0 Å². The summed E-state index contributed by atoms with van der Waals surface area (Å²) < 4.78 is 0. The van der Waals surface area contributed by atoms with Crippen molar-refractivity contribution in [3.05, 3.63) is 100 Å². The van der Waals surface area contributed by atoms with Crippen LogP contribution in [0.3, 0.4) is 0 Å². The second-order valence-electron chi connectivity index (χ2n) is 7.65. The van der Waals surface area contributed by atoms with Crippen molar-refractivity contribution in [2.75, 3.05) is 18.0 Å². The van der Waals surface area contributed by atoms with Crippen LogP contribution in [0.5, 0.6) is 0 Å². The number of carbonyl (C=O) groups excluding carboxylic acids is 2. The molecule has 0 unspecified atom stereocenters. The number of halogens is 1. The third-order valence-electron chi connectivity index (χ3n) is 5.67. The van der Waals surface area contributed by atoms with Crippen LogP contribution in [0.25, 0.3) is 5.57 Å². The molecule has 1 aromatic heterocycles. The van der Waals surface area contributed by atoms with Crippen LogP contribution in [0.2, 0.25) is 5.02 Å². The Morgan fingerprint density at radius 2 is 1.62 bits per heavy atom. The van der Waals surface area contributed by atoms with Gasteiger partial charge in [0.05, 0.1) is 11.3 Å². The minimum atomic E-state index is -0.316. The molecule has 2 heterocycles. The zero-order valence-electron chi connectivity index (χ0n) is 18.1. The fraction of sp³-hybridized carbons (Fsp3) is 0.192. The third kappa shape index (κ3) is 4.16. The maximum absolute atomic E-state index is 13.7. The monoisotopic (exact) mass is 445 g/mol. The number of amides is 2. The van der Waals surface area contributed by atoms with Crippen molar-refractivity contribution in [3.8, 4) is 0 Å². The molecule has 0 saturated carbocycles. The van der Waals surface area contributed by atoms with Crippen LogP contribution < -0.4 is 4.90 Å². The molecule has 6 heteroatoms. The lowest BCUT2D eigenvalue weighted by Gasteiger charge is -2.25. The Kier molecular flexibility index (Phi) is 6.37. The van der Waals surface area contributed by atoms with E-state index in [1.54, 1.807) is 42.7 Å². The van der Waals surface area contributed by atoms with Gasteiger partial charge in [-0.25, -0.2) is 4.90 Å². The number of likely N-dealkylation sites (N-methyl/N-ethyl adjacent to an activating group) is 1. The van der Waals surface area contributed by atoms with Crippen molar-refractivity contribution in [3.63, 3.8) is 0 Å². The fourth-order valence-corrected chi connectivity index (χ4v) is 4.09. The number of pyridine rings is 1. The van der Waals surface area contributed by atoms with Gasteiger partial charge in [-0.05, 0) is 67.3 Å². The largest absolute Gasteiger partial charge is 0.366 e. The van der Waals surface area contributed by atoms with Gasteiger partial charge in [0.1, 0.15) is 5.70 Å². The summed E-state index contributed by atoms with van der Waals surface area (Å²) in [5.74, 6) is -0.616. The average Bonchev–Trinajstić information content (AvgIpc) is 3.06. The minimum Gasteiger partial charge on any atom is -0.366 e. The number of anilines is 1. The van der Waals surface area contributed by atoms with Crippen molar-refractivity contribution in [2.45, 2.75) is 20.3 Å². The van der Waals surface area contributed by atoms with E-state index in [4.69, 9.17) is 11.6 Å². The number of carbonyl (C=O) groups is 2. The zero-order valence-corrected chi connectivity index (χ0v) is 18.8. The highest BCUT2D eigenvalue weighted by Gasteiger charge is 2.42. The predicted octanol–water partition coefficient (Wildman–Crippen LogP) is 4.89. The fourth-order valence-electron chi connectivity index (χ4n) is 3.96. The van der Waals surface area contributed by atoms with Crippen molar-refractivity contribution in [1.29, 1.82) is 0 Å². The molecule has 0 aliphatic carbocycles. The number of aryl methyl sites for hydroxylation is 1. The van der Waals surface area contributed by atoms with Gasteiger partial charge in [-0.1, -0.05) is 41.9 Å². The molecule has 3 aromatic rings. The standard InChI is InChI=1S/C26H24ClN3O2/c1-3-29(17-14-19-12-15-28-16-13-19)24-23(20-8-10-21(27)11-9-20)25(31)30(26(24)32)22-7-5-4-6-18(22)2/h4-13,15-16H,3,14,17H2,1-2H3. The van der Waals surface area contributed by atoms with Gasteiger partial charge < -0.3 is 4.90 Å². The lowest BCUT2D eigenvalue weighted by Crippen LogP contribution is -2.36. The maximum atomic E-state index is 13.7. The summed E-state index contributed by atoms with van der Waals surface area (Å²) in [6, 6.07) is 18.4. The van der Waals surface area contributed by atoms with E-state index in [0.29, 0.717) is 40.6 Å². The van der Waals surface area contributed by atoms with E-state index in [0.717, 1.165) is 17.5 Å². The number of para-hydroxylation sites is 1. The Labute approximate surface area is 193 Å². The molecule has 2 amide bonds. The van der Waals surface area contributed by atoms with Gasteiger partial charge >= 0.3 is 0 Å². The highest BCUT2D eigenvalue weighted by Crippen LogP contribution is 2.36. The number of hydrogen-bond donors (Lipinski definition) is 0. The third-order valence-corrected chi connectivity index (χ3v) is 5.92. The van der Waals surface area contributed by atoms with E-state index >= 15 is 0 Å². The molecule has 0 N–H and O–H groups in total. The summed E-state index contributed by atoms with van der Waals surface area (Å²) in [6.07, 6.45) is 4.25. The SMILES string of the molecule is CCN(CCc1ccncc1)C1=C(c2ccc(Cl)cc2)C(=O)N(c2ccccc2C)C1=O. The van der Waals surface area contributed by atoms with Crippen LogP contribution in [0.4, 0.5) is 5.69 Å². The maximum Gasteiger partial charge on any atom is 0.282 e. The van der Waals surface area contributed by atoms with Crippen LogP contribution in [-0.2, 0) is 16.0 Å². The normalized spacial score (nSPS) is 13.8. The van der Waals surface area contributed by atoms with Crippen LogP contribution in [0.15, 0.2) is 78.8 Å². The lowest BCUT2D eigenvalue weighted by molar-refractivity contribution is -0.120. The molecule has 1 aliphatic rings. The molecular formula is C26H24ClN3O2. The summed E-state index contributed by atoms with van der Waals surface area (Å²) >= 11 is 6.08. The first-order valence-electron chi connectivity index (χ1n) is 10.6. The number of rotatable bonds is 7. The van der Waals surface area contributed by atoms with Gasteiger partial charge in [0.15, 0.2) is 0 Å². The molecule has 4 rings (SSSR count). The second-order valence-corrected chi connectivity index (χ2v) is 8.08. The van der Waals surface area contributed by atoms with Gasteiger partial charge in [-0.15, -0.1) is 0 Å². The zero-order chi connectivity index (χ0) is 22.7. The number of benzene rings is 2. The first kappa shape index (κ1) is 21.8. The first-order valence-corrected chi connectivity index (χ1v) is 11.0. The quantitative estimate of drug-likeness (QED) is 0.486. The molecule has 0 spiro atoms. The topological polar surface area (TPSA) is 53.5 Å². The van der Waals surface area contributed by atoms with E-state index in [2.05, 4.69) is 4.98 Å². The molecule has 1 aliphatic heterocycles. The number of nitrogens with zero attached hydrogens (tertiary/aromatic N) is 3. The highest BCUT2D eigenvalue weighted by molar-refractivity contribution is 6.45. The summed E-state index contributed by atoms with van der Waals surface area (Å²) in [6.45, 7) is 5.09. The van der Waals surface area contributed by atoms with E-state index < -0.39 is 0 Å². The molecule has 0 atom stereocenters. The predicted molar refractivity (Wildman–Crippen MR) is 127 cm³/mol. The Hall–Kier alpha value is -3.44. The van der Waals surface area contributed by atoms with Crippen LogP contribution in [0, 0.1) is 6.92 Å². The lowest BCUT2D eigenvalue weighted by atomic mass is 10.0. The summed E-state index contributed by atoms with van der Waals surface area (Å²) in [5.41, 5.74) is 4.12. The molecule has 0 fully saturated rings. The highest BCUT2D eigenvalue weighted by atomic mass is 35.5. The minimum absolute atomic E-state index is 0.300. The molecule has 32 heavy (non-hydrogen) atoms. The Morgan fingerprint density at radius 3 is 2.28 bits per heavy atom. The van der Waals surface area contributed by atoms with E-state index in [1.807, 2.05) is 49.1 Å². The van der Waals surface area contributed by atoms with E-state index in [1.165, 1.54) is 4.90 Å². The number of aromatic nitrogens is 1. The Morgan fingerprint density at radius 1 is 0.938 bits per heavy atom. The summed E-state index contributed by atoms with van der Waals surface area (Å²) in [5, 5.41) is 0.577. The molecule has 0 bridgehead atoms. The Bertz CT molecular complexity index is 1170. The van der Waals surface area contributed by atoms with Gasteiger partial charge in [-0.3, -0.25) is 14.6 Å². The number of imide groups is 1. The van der Waals surface area contributed by atoms with E-state index in [-0.39, 0.29) is 11.8 Å². The number of hydrogen-bond acceptors (Lipinski definition) is 4. The molecule has 5 nitrogen and oxygen atoms in total. The smallest absolute Gasteiger partial charge is 0.282 e. The summed E-state index contributed by atoms with van der Waals surface area (Å²) in [4.78, 5) is 34.7. The molecule has 2 aromatic carbocycles. The van der Waals surface area contributed by atoms with Crippen LogP contribution in [0.1, 0.15) is 23.6 Å². The van der Waals surface area contributed by atoms with Crippen molar-refractivity contribution in [1.82, 2.24) is 9.88 Å². The average molecular weight is 446 g/mol.